The molecular formula is C29H48N4O2. The lowest BCUT2D eigenvalue weighted by molar-refractivity contribution is 0.0564. The Bertz CT molecular complexity index is 838. The van der Waals surface area contributed by atoms with Crippen molar-refractivity contribution in [2.75, 3.05) is 69.2 Å². The molecule has 1 saturated carbocycles. The summed E-state index contributed by atoms with van der Waals surface area (Å²) < 4.78 is 5.42. The van der Waals surface area contributed by atoms with Crippen LogP contribution in [0.3, 0.4) is 0 Å². The molecule has 1 aromatic carbocycles. The molecule has 0 aromatic heterocycles. The van der Waals surface area contributed by atoms with E-state index in [1.165, 1.54) is 49.9 Å². The third-order valence-electron chi connectivity index (χ3n) is 8.11. The first-order valence-electron chi connectivity index (χ1n) is 13.9. The van der Waals surface area contributed by atoms with E-state index in [2.05, 4.69) is 67.9 Å². The van der Waals surface area contributed by atoms with E-state index in [-0.39, 0.29) is 6.03 Å². The fourth-order valence-corrected chi connectivity index (χ4v) is 6.88. The largest absolute Gasteiger partial charge is 0.378 e. The van der Waals surface area contributed by atoms with Crippen LogP contribution in [-0.4, -0.2) is 74.9 Å². The van der Waals surface area contributed by atoms with E-state index in [1.54, 1.807) is 0 Å². The van der Waals surface area contributed by atoms with Crippen LogP contribution in [0, 0.1) is 10.8 Å². The fraction of sp³-hybridized carbons (Fsp3) is 0.759. The highest BCUT2D eigenvalue weighted by atomic mass is 16.5. The molecule has 0 spiro atoms. The van der Waals surface area contributed by atoms with Gasteiger partial charge in [0, 0.05) is 50.6 Å². The van der Waals surface area contributed by atoms with E-state index < -0.39 is 0 Å². The number of piperazine rings is 1. The molecule has 6 heteroatoms. The van der Waals surface area contributed by atoms with Gasteiger partial charge in [-0.25, -0.2) is 4.79 Å². The quantitative estimate of drug-likeness (QED) is 0.555. The van der Waals surface area contributed by atoms with Crippen molar-refractivity contribution in [2.24, 2.45) is 10.8 Å². The number of unbranched alkanes of at least 4 members (excludes halogenated alkanes) is 1. The summed E-state index contributed by atoms with van der Waals surface area (Å²) >= 11 is 0. The molecule has 6 nitrogen and oxygen atoms in total. The van der Waals surface area contributed by atoms with E-state index in [4.69, 9.17) is 4.74 Å². The lowest BCUT2D eigenvalue weighted by atomic mass is 9.60. The zero-order chi connectivity index (χ0) is 25.1. The Morgan fingerprint density at radius 3 is 2.29 bits per heavy atom. The maximum absolute atomic E-state index is 12.9. The average Bonchev–Trinajstić information content (AvgIpc) is 2.82. The number of anilines is 2. The molecular weight excluding hydrogens is 436 g/mol. The number of hydrogen-bond donors (Lipinski definition) is 1. The van der Waals surface area contributed by atoms with Gasteiger partial charge in [-0.15, -0.1) is 0 Å². The molecule has 2 saturated heterocycles. The molecule has 3 aliphatic rings. The number of hydrogen-bond acceptors (Lipinski definition) is 4. The minimum atomic E-state index is -0.0131. The molecule has 1 aliphatic carbocycles. The van der Waals surface area contributed by atoms with Crippen molar-refractivity contribution in [1.29, 1.82) is 0 Å². The van der Waals surface area contributed by atoms with E-state index in [9.17, 15) is 4.79 Å². The number of benzene rings is 1. The summed E-state index contributed by atoms with van der Waals surface area (Å²) in [5, 5.41) is 3.20. The molecule has 3 fully saturated rings. The summed E-state index contributed by atoms with van der Waals surface area (Å²) in [6, 6.07) is 6.67. The van der Waals surface area contributed by atoms with Crippen molar-refractivity contribution in [3.05, 3.63) is 23.8 Å². The number of carbonyl (C=O) groups is 1. The van der Waals surface area contributed by atoms with Crippen LogP contribution in [0.25, 0.3) is 0 Å². The second-order valence-electron chi connectivity index (χ2n) is 12.6. The van der Waals surface area contributed by atoms with Crippen molar-refractivity contribution < 1.29 is 9.53 Å². The van der Waals surface area contributed by atoms with Gasteiger partial charge in [-0.3, -0.25) is 4.90 Å². The van der Waals surface area contributed by atoms with Gasteiger partial charge in [-0.1, -0.05) is 41.0 Å². The zero-order valence-electron chi connectivity index (χ0n) is 22.9. The molecule has 35 heavy (non-hydrogen) atoms. The van der Waals surface area contributed by atoms with Gasteiger partial charge in [0.25, 0.3) is 0 Å². The van der Waals surface area contributed by atoms with Crippen LogP contribution >= 0.6 is 0 Å². The van der Waals surface area contributed by atoms with Gasteiger partial charge in [-0.05, 0) is 72.7 Å². The summed E-state index contributed by atoms with van der Waals surface area (Å²) in [5.74, 6) is 0.502. The SMILES string of the molecule is CCCCN1CCN(c2ccc(NC(=O)N3CCOCC3)cc2C2CC(C)(C)CC(C)(C)C2)CC1. The molecule has 4 rings (SSSR count). The third-order valence-corrected chi connectivity index (χ3v) is 8.11. The number of nitrogens with zero attached hydrogens (tertiary/aromatic N) is 3. The Hall–Kier alpha value is -1.79. The lowest BCUT2D eigenvalue weighted by Crippen LogP contribution is -2.47. The standard InChI is InChI=1S/C29H48N4O2/c1-6-7-10-31-11-13-32(14-12-31)26-9-8-24(30-27(34)33-15-17-35-18-16-33)19-25(26)23-20-28(2,3)22-29(4,5)21-23/h8-9,19,23H,6-7,10-18,20-22H2,1-5H3,(H,30,34). The molecule has 0 unspecified atom stereocenters. The van der Waals surface area contributed by atoms with Crippen LogP contribution in [0.2, 0.25) is 0 Å². The molecule has 0 radical (unpaired) electrons. The highest BCUT2D eigenvalue weighted by Gasteiger charge is 2.40. The summed E-state index contributed by atoms with van der Waals surface area (Å²) in [6.45, 7) is 20.2. The number of urea groups is 1. The van der Waals surface area contributed by atoms with Gasteiger partial charge in [0.2, 0.25) is 0 Å². The molecule has 2 amide bonds. The molecule has 0 bridgehead atoms. The summed E-state index contributed by atoms with van der Waals surface area (Å²) in [6.07, 6.45) is 6.20. The summed E-state index contributed by atoms with van der Waals surface area (Å²) in [7, 11) is 0. The molecule has 2 heterocycles. The Balaban J connectivity index is 1.57. The number of ether oxygens (including phenoxy) is 1. The maximum Gasteiger partial charge on any atom is 0.321 e. The number of nitrogens with one attached hydrogen (secondary N) is 1. The summed E-state index contributed by atoms with van der Waals surface area (Å²) in [4.78, 5) is 20.0. The van der Waals surface area contributed by atoms with E-state index in [0.29, 0.717) is 43.1 Å². The van der Waals surface area contributed by atoms with Gasteiger partial charge in [0.15, 0.2) is 0 Å². The highest BCUT2D eigenvalue weighted by Crippen LogP contribution is 2.53. The van der Waals surface area contributed by atoms with E-state index >= 15 is 0 Å². The predicted octanol–water partition coefficient (Wildman–Crippen LogP) is 5.79. The number of morpholine rings is 1. The number of rotatable bonds is 6. The Morgan fingerprint density at radius 2 is 1.66 bits per heavy atom. The molecule has 2 aliphatic heterocycles. The lowest BCUT2D eigenvalue weighted by Gasteiger charge is -2.46. The van der Waals surface area contributed by atoms with Crippen LogP contribution < -0.4 is 10.2 Å². The van der Waals surface area contributed by atoms with Crippen LogP contribution in [0.1, 0.15) is 78.2 Å². The van der Waals surface area contributed by atoms with Crippen LogP contribution in [0.15, 0.2) is 18.2 Å². The molecule has 1 N–H and O–H groups in total. The fourth-order valence-electron chi connectivity index (χ4n) is 6.88. The smallest absolute Gasteiger partial charge is 0.321 e. The van der Waals surface area contributed by atoms with Crippen molar-refractivity contribution in [2.45, 2.75) is 72.6 Å². The van der Waals surface area contributed by atoms with Crippen molar-refractivity contribution in [3.8, 4) is 0 Å². The molecule has 196 valence electrons. The van der Waals surface area contributed by atoms with Gasteiger partial charge < -0.3 is 19.9 Å². The average molecular weight is 485 g/mol. The Labute approximate surface area is 213 Å². The van der Waals surface area contributed by atoms with Crippen LogP contribution in [0.4, 0.5) is 16.2 Å². The monoisotopic (exact) mass is 484 g/mol. The number of carbonyl (C=O) groups excluding carboxylic acids is 1. The molecule has 0 atom stereocenters. The van der Waals surface area contributed by atoms with Crippen LogP contribution in [-0.2, 0) is 4.74 Å². The Morgan fingerprint density at radius 1 is 1.00 bits per heavy atom. The topological polar surface area (TPSA) is 48.0 Å². The van der Waals surface area contributed by atoms with Crippen molar-refractivity contribution in [3.63, 3.8) is 0 Å². The van der Waals surface area contributed by atoms with Gasteiger partial charge in [-0.2, -0.15) is 0 Å². The first kappa shape index (κ1) is 26.3. The minimum Gasteiger partial charge on any atom is -0.378 e. The third kappa shape index (κ3) is 6.91. The minimum absolute atomic E-state index is 0.0131. The van der Waals surface area contributed by atoms with Gasteiger partial charge in [0.1, 0.15) is 0 Å². The van der Waals surface area contributed by atoms with Crippen molar-refractivity contribution >= 4 is 17.4 Å². The first-order valence-corrected chi connectivity index (χ1v) is 13.9. The first-order chi connectivity index (χ1) is 16.7. The summed E-state index contributed by atoms with van der Waals surface area (Å²) in [5.41, 5.74) is 4.35. The van der Waals surface area contributed by atoms with Gasteiger partial charge >= 0.3 is 6.03 Å². The molecule has 1 aromatic rings. The second kappa shape index (κ2) is 11.1. The predicted molar refractivity (Wildman–Crippen MR) is 146 cm³/mol. The zero-order valence-corrected chi connectivity index (χ0v) is 22.9. The van der Waals surface area contributed by atoms with Gasteiger partial charge in [0.05, 0.1) is 13.2 Å². The normalized spacial score (nSPS) is 23.3. The van der Waals surface area contributed by atoms with E-state index in [1.807, 2.05) is 4.90 Å². The van der Waals surface area contributed by atoms with Crippen molar-refractivity contribution in [1.82, 2.24) is 9.80 Å². The second-order valence-corrected chi connectivity index (χ2v) is 12.6. The maximum atomic E-state index is 12.9. The van der Waals surface area contributed by atoms with E-state index in [0.717, 1.165) is 31.9 Å². The van der Waals surface area contributed by atoms with Crippen LogP contribution in [0.5, 0.6) is 0 Å². The number of amides is 2. The Kier molecular flexibility index (Phi) is 8.32. The highest BCUT2D eigenvalue weighted by molar-refractivity contribution is 5.90.